The van der Waals surface area contributed by atoms with Crippen LogP contribution in [0, 0.1) is 0 Å². The summed E-state index contributed by atoms with van der Waals surface area (Å²) in [7, 11) is 5.26. The Morgan fingerprint density at radius 3 is 2.00 bits per heavy atom. The van der Waals surface area contributed by atoms with Crippen LogP contribution in [0.2, 0.25) is 0 Å². The van der Waals surface area contributed by atoms with Gasteiger partial charge in [-0.2, -0.15) is 0 Å². The molecule has 1 aromatic carbocycles. The van der Waals surface area contributed by atoms with Crippen molar-refractivity contribution in [2.24, 2.45) is 0 Å². The molecule has 5 heteroatoms. The van der Waals surface area contributed by atoms with Gasteiger partial charge in [-0.25, -0.2) is 9.97 Å². The van der Waals surface area contributed by atoms with Crippen molar-refractivity contribution in [1.29, 1.82) is 0 Å². The molecule has 0 N–H and O–H groups in total. The van der Waals surface area contributed by atoms with Crippen LogP contribution in [0.1, 0.15) is 18.1 Å². The molecule has 0 radical (unpaired) electrons. The number of methoxy groups -OCH3 is 2. The molecule has 1 heterocycles. The standard InChI is InChI=1S/C16H21N3O2/c1-5-12-9-17-16(18-10-12)19(2)11-13-6-14(20-3)8-15(7-13)21-4/h6-10H,5,11H2,1-4H3. The fourth-order valence-corrected chi connectivity index (χ4v) is 2.03. The minimum Gasteiger partial charge on any atom is -0.497 e. The van der Waals surface area contributed by atoms with Crippen molar-refractivity contribution in [2.45, 2.75) is 19.9 Å². The average molecular weight is 287 g/mol. The van der Waals surface area contributed by atoms with E-state index in [0.717, 1.165) is 29.0 Å². The van der Waals surface area contributed by atoms with E-state index in [1.54, 1.807) is 14.2 Å². The van der Waals surface area contributed by atoms with Gasteiger partial charge in [0.15, 0.2) is 0 Å². The maximum atomic E-state index is 5.29. The smallest absolute Gasteiger partial charge is 0.225 e. The van der Waals surface area contributed by atoms with Crippen molar-refractivity contribution in [3.8, 4) is 11.5 Å². The second-order valence-electron chi connectivity index (χ2n) is 4.82. The Balaban J connectivity index is 2.15. The molecule has 0 aliphatic heterocycles. The molecule has 2 aromatic rings. The predicted molar refractivity (Wildman–Crippen MR) is 83.1 cm³/mol. The van der Waals surface area contributed by atoms with Crippen molar-refractivity contribution in [2.75, 3.05) is 26.2 Å². The van der Waals surface area contributed by atoms with E-state index in [4.69, 9.17) is 9.47 Å². The molecule has 0 saturated carbocycles. The molecule has 0 aliphatic rings. The van der Waals surface area contributed by atoms with E-state index in [1.165, 1.54) is 0 Å². The van der Waals surface area contributed by atoms with Gasteiger partial charge in [-0.05, 0) is 29.7 Å². The number of benzene rings is 1. The Morgan fingerprint density at radius 1 is 0.952 bits per heavy atom. The van der Waals surface area contributed by atoms with Gasteiger partial charge in [0, 0.05) is 32.1 Å². The lowest BCUT2D eigenvalue weighted by atomic mass is 10.2. The fourth-order valence-electron chi connectivity index (χ4n) is 2.03. The van der Waals surface area contributed by atoms with Crippen LogP contribution >= 0.6 is 0 Å². The first-order valence-corrected chi connectivity index (χ1v) is 6.90. The lowest BCUT2D eigenvalue weighted by molar-refractivity contribution is 0.393. The van der Waals surface area contributed by atoms with Crippen LogP contribution in [0.25, 0.3) is 0 Å². The molecule has 2 rings (SSSR count). The third-order valence-electron chi connectivity index (χ3n) is 3.27. The summed E-state index contributed by atoms with van der Waals surface area (Å²) in [6, 6.07) is 5.83. The lowest BCUT2D eigenvalue weighted by Gasteiger charge is -2.18. The minimum atomic E-state index is 0.680. The highest BCUT2D eigenvalue weighted by atomic mass is 16.5. The Kier molecular flexibility index (Phi) is 4.98. The largest absolute Gasteiger partial charge is 0.497 e. The van der Waals surface area contributed by atoms with Crippen LogP contribution < -0.4 is 14.4 Å². The SMILES string of the molecule is CCc1cnc(N(C)Cc2cc(OC)cc(OC)c2)nc1. The van der Waals surface area contributed by atoms with Crippen LogP contribution in [0.5, 0.6) is 11.5 Å². The van der Waals surface area contributed by atoms with E-state index < -0.39 is 0 Å². The van der Waals surface area contributed by atoms with Gasteiger partial charge >= 0.3 is 0 Å². The highest BCUT2D eigenvalue weighted by molar-refractivity contribution is 5.40. The summed E-state index contributed by atoms with van der Waals surface area (Å²) in [5.74, 6) is 2.26. The number of nitrogens with zero attached hydrogens (tertiary/aromatic N) is 3. The zero-order valence-electron chi connectivity index (χ0n) is 13.0. The second kappa shape index (κ2) is 6.92. The molecule has 21 heavy (non-hydrogen) atoms. The first-order chi connectivity index (χ1) is 10.2. The van der Waals surface area contributed by atoms with Crippen LogP contribution in [-0.2, 0) is 13.0 Å². The molecule has 1 aromatic heterocycles. The predicted octanol–water partition coefficient (Wildman–Crippen LogP) is 2.69. The fraction of sp³-hybridized carbons (Fsp3) is 0.375. The molecule has 112 valence electrons. The Bertz CT molecular complexity index is 562. The summed E-state index contributed by atoms with van der Waals surface area (Å²) < 4.78 is 10.6. The first-order valence-electron chi connectivity index (χ1n) is 6.90. The van der Waals surface area contributed by atoms with Crippen molar-refractivity contribution in [1.82, 2.24) is 9.97 Å². The summed E-state index contributed by atoms with van der Waals surface area (Å²) in [4.78, 5) is 10.8. The number of aryl methyl sites for hydroxylation is 1. The Hall–Kier alpha value is -2.30. The molecule has 5 nitrogen and oxygen atoms in total. The number of aromatic nitrogens is 2. The van der Waals surface area contributed by atoms with E-state index in [2.05, 4.69) is 16.9 Å². The third kappa shape index (κ3) is 3.84. The molecule has 0 spiro atoms. The van der Waals surface area contributed by atoms with Gasteiger partial charge in [0.25, 0.3) is 0 Å². The summed E-state index contributed by atoms with van der Waals surface area (Å²) >= 11 is 0. The van der Waals surface area contributed by atoms with E-state index in [0.29, 0.717) is 12.5 Å². The number of ether oxygens (including phenoxy) is 2. The zero-order chi connectivity index (χ0) is 15.2. The van der Waals surface area contributed by atoms with Crippen LogP contribution in [0.15, 0.2) is 30.6 Å². The quantitative estimate of drug-likeness (QED) is 0.817. The van der Waals surface area contributed by atoms with Gasteiger partial charge in [-0.15, -0.1) is 0 Å². The summed E-state index contributed by atoms with van der Waals surface area (Å²) in [6.07, 6.45) is 4.67. The highest BCUT2D eigenvalue weighted by Gasteiger charge is 2.08. The summed E-state index contributed by atoms with van der Waals surface area (Å²) in [6.45, 7) is 2.77. The monoisotopic (exact) mass is 287 g/mol. The number of hydrogen-bond donors (Lipinski definition) is 0. The third-order valence-corrected chi connectivity index (χ3v) is 3.27. The number of hydrogen-bond acceptors (Lipinski definition) is 5. The molecule has 0 atom stereocenters. The maximum Gasteiger partial charge on any atom is 0.225 e. The Labute approximate surface area is 125 Å². The Morgan fingerprint density at radius 2 is 1.52 bits per heavy atom. The van der Waals surface area contributed by atoms with E-state index in [9.17, 15) is 0 Å². The number of rotatable bonds is 6. The van der Waals surface area contributed by atoms with E-state index in [1.807, 2.05) is 42.5 Å². The molecule has 0 aliphatic carbocycles. The molecule has 0 unspecified atom stereocenters. The van der Waals surface area contributed by atoms with Crippen molar-refractivity contribution < 1.29 is 9.47 Å². The van der Waals surface area contributed by atoms with Gasteiger partial charge < -0.3 is 14.4 Å². The second-order valence-corrected chi connectivity index (χ2v) is 4.82. The van der Waals surface area contributed by atoms with E-state index >= 15 is 0 Å². The average Bonchev–Trinajstić information content (AvgIpc) is 2.54. The number of anilines is 1. The zero-order valence-corrected chi connectivity index (χ0v) is 13.0. The first kappa shape index (κ1) is 15.1. The lowest BCUT2D eigenvalue weighted by Crippen LogP contribution is -2.19. The molecule has 0 saturated heterocycles. The van der Waals surface area contributed by atoms with Crippen LogP contribution in [0.3, 0.4) is 0 Å². The van der Waals surface area contributed by atoms with Gasteiger partial charge in [-0.3, -0.25) is 0 Å². The molecular formula is C16H21N3O2. The van der Waals surface area contributed by atoms with Gasteiger partial charge in [0.1, 0.15) is 11.5 Å². The summed E-state index contributed by atoms with van der Waals surface area (Å²) in [5, 5.41) is 0. The van der Waals surface area contributed by atoms with Gasteiger partial charge in [-0.1, -0.05) is 6.92 Å². The van der Waals surface area contributed by atoms with Gasteiger partial charge in [0.2, 0.25) is 5.95 Å². The molecule has 0 amide bonds. The topological polar surface area (TPSA) is 47.5 Å². The van der Waals surface area contributed by atoms with E-state index in [-0.39, 0.29) is 0 Å². The minimum absolute atomic E-state index is 0.680. The van der Waals surface area contributed by atoms with Crippen molar-refractivity contribution >= 4 is 5.95 Å². The molecule has 0 fully saturated rings. The molecular weight excluding hydrogens is 266 g/mol. The highest BCUT2D eigenvalue weighted by Crippen LogP contribution is 2.23. The van der Waals surface area contributed by atoms with Crippen LogP contribution in [0.4, 0.5) is 5.95 Å². The maximum absolute atomic E-state index is 5.29. The van der Waals surface area contributed by atoms with Gasteiger partial charge in [0.05, 0.1) is 14.2 Å². The molecule has 0 bridgehead atoms. The van der Waals surface area contributed by atoms with Crippen molar-refractivity contribution in [3.63, 3.8) is 0 Å². The van der Waals surface area contributed by atoms with Crippen molar-refractivity contribution in [3.05, 3.63) is 41.7 Å². The summed E-state index contributed by atoms with van der Waals surface area (Å²) in [5.41, 5.74) is 2.21. The normalized spacial score (nSPS) is 10.3. The van der Waals surface area contributed by atoms with Crippen LogP contribution in [-0.4, -0.2) is 31.2 Å².